The van der Waals surface area contributed by atoms with E-state index in [1.165, 1.54) is 16.0 Å². The van der Waals surface area contributed by atoms with Crippen LogP contribution in [-0.2, 0) is 0 Å². The third-order valence-corrected chi connectivity index (χ3v) is 3.28. The largest absolute Gasteiger partial charge is 0.399 e. The van der Waals surface area contributed by atoms with Gasteiger partial charge in [0.15, 0.2) is 0 Å². The fraction of sp³-hybridized carbons (Fsp3) is 0.143. The van der Waals surface area contributed by atoms with Crippen molar-refractivity contribution in [2.24, 2.45) is 0 Å². The van der Waals surface area contributed by atoms with Crippen molar-refractivity contribution in [1.29, 1.82) is 0 Å². The predicted molar refractivity (Wildman–Crippen MR) is 72.7 cm³/mol. The monoisotopic (exact) mass is 229 g/mol. The van der Waals surface area contributed by atoms with E-state index in [0.29, 0.717) is 0 Å². The van der Waals surface area contributed by atoms with Crippen molar-refractivity contribution in [3.8, 4) is 11.1 Å². The van der Waals surface area contributed by atoms with Crippen LogP contribution in [0.25, 0.3) is 11.1 Å². The van der Waals surface area contributed by atoms with Gasteiger partial charge in [0, 0.05) is 10.6 Å². The average molecular weight is 229 g/mol. The van der Waals surface area contributed by atoms with Crippen molar-refractivity contribution in [3.63, 3.8) is 0 Å². The Labute approximate surface area is 101 Å². The van der Waals surface area contributed by atoms with Gasteiger partial charge in [-0.15, -0.1) is 11.8 Å². The van der Waals surface area contributed by atoms with Crippen LogP contribution >= 0.6 is 11.8 Å². The highest BCUT2D eigenvalue weighted by Crippen LogP contribution is 2.25. The predicted octanol–water partition coefficient (Wildman–Crippen LogP) is 4.05. The number of rotatable bonds is 3. The summed E-state index contributed by atoms with van der Waals surface area (Å²) in [4.78, 5) is 1.31. The van der Waals surface area contributed by atoms with E-state index in [0.717, 1.165) is 11.4 Å². The Morgan fingerprint density at radius 1 is 1.00 bits per heavy atom. The summed E-state index contributed by atoms with van der Waals surface area (Å²) in [6.07, 6.45) is 0. The third kappa shape index (κ3) is 2.58. The standard InChI is InChI=1S/C14H15NS/c1-2-16-14-8-6-11(7-9-14)12-4-3-5-13(15)10-12/h3-10H,2,15H2,1H3. The molecule has 2 rings (SSSR count). The minimum Gasteiger partial charge on any atom is -0.399 e. The Balaban J connectivity index is 2.27. The molecule has 0 aliphatic carbocycles. The molecule has 0 bridgehead atoms. The van der Waals surface area contributed by atoms with Gasteiger partial charge < -0.3 is 5.73 Å². The molecule has 0 aliphatic rings. The van der Waals surface area contributed by atoms with Crippen LogP contribution in [0.1, 0.15) is 6.92 Å². The molecule has 0 atom stereocenters. The summed E-state index contributed by atoms with van der Waals surface area (Å²) >= 11 is 1.86. The number of thioether (sulfide) groups is 1. The SMILES string of the molecule is CCSc1ccc(-c2cccc(N)c2)cc1. The lowest BCUT2D eigenvalue weighted by atomic mass is 10.1. The van der Waals surface area contributed by atoms with Crippen molar-refractivity contribution >= 4 is 17.4 Å². The van der Waals surface area contributed by atoms with Crippen LogP contribution in [-0.4, -0.2) is 5.75 Å². The zero-order valence-electron chi connectivity index (χ0n) is 9.31. The molecular formula is C14H15NS. The summed E-state index contributed by atoms with van der Waals surface area (Å²) in [7, 11) is 0. The van der Waals surface area contributed by atoms with Gasteiger partial charge in [0.05, 0.1) is 0 Å². The molecule has 0 amide bonds. The van der Waals surface area contributed by atoms with E-state index in [-0.39, 0.29) is 0 Å². The van der Waals surface area contributed by atoms with Gasteiger partial charge >= 0.3 is 0 Å². The second-order valence-corrected chi connectivity index (χ2v) is 4.92. The van der Waals surface area contributed by atoms with Crippen LogP contribution < -0.4 is 5.73 Å². The van der Waals surface area contributed by atoms with Gasteiger partial charge in [-0.2, -0.15) is 0 Å². The smallest absolute Gasteiger partial charge is 0.0320 e. The van der Waals surface area contributed by atoms with E-state index in [1.807, 2.05) is 30.0 Å². The molecule has 0 radical (unpaired) electrons. The summed E-state index contributed by atoms with van der Waals surface area (Å²) in [5, 5.41) is 0. The molecule has 2 aromatic rings. The number of nitrogens with two attached hydrogens (primary N) is 1. The number of hydrogen-bond acceptors (Lipinski definition) is 2. The minimum absolute atomic E-state index is 0.810. The Morgan fingerprint density at radius 2 is 1.75 bits per heavy atom. The molecule has 2 N–H and O–H groups in total. The van der Waals surface area contributed by atoms with Crippen LogP contribution in [0.15, 0.2) is 53.4 Å². The van der Waals surface area contributed by atoms with Gasteiger partial charge in [-0.1, -0.05) is 31.2 Å². The lowest BCUT2D eigenvalue weighted by Crippen LogP contribution is -1.85. The van der Waals surface area contributed by atoms with Crippen LogP contribution in [0.4, 0.5) is 5.69 Å². The summed E-state index contributed by atoms with van der Waals surface area (Å²) in [5.74, 6) is 1.11. The molecule has 82 valence electrons. The molecule has 0 heterocycles. The number of nitrogen functional groups attached to an aromatic ring is 1. The maximum Gasteiger partial charge on any atom is 0.0320 e. The fourth-order valence-electron chi connectivity index (χ4n) is 1.63. The molecule has 2 aromatic carbocycles. The molecule has 16 heavy (non-hydrogen) atoms. The molecular weight excluding hydrogens is 214 g/mol. The number of anilines is 1. The van der Waals surface area contributed by atoms with Crippen LogP contribution in [0.5, 0.6) is 0 Å². The summed E-state index contributed by atoms with van der Waals surface area (Å²) in [6, 6.07) is 16.6. The number of hydrogen-bond donors (Lipinski definition) is 1. The molecule has 0 aromatic heterocycles. The van der Waals surface area contributed by atoms with E-state index in [2.05, 4.69) is 37.3 Å². The van der Waals surface area contributed by atoms with Crippen molar-refractivity contribution in [2.75, 3.05) is 11.5 Å². The Morgan fingerprint density at radius 3 is 2.38 bits per heavy atom. The van der Waals surface area contributed by atoms with Crippen molar-refractivity contribution < 1.29 is 0 Å². The summed E-state index contributed by atoms with van der Waals surface area (Å²) < 4.78 is 0. The van der Waals surface area contributed by atoms with Gasteiger partial charge in [0.1, 0.15) is 0 Å². The zero-order chi connectivity index (χ0) is 11.4. The second-order valence-electron chi connectivity index (χ2n) is 3.58. The molecule has 0 spiro atoms. The molecule has 2 heteroatoms. The van der Waals surface area contributed by atoms with Gasteiger partial charge in [-0.3, -0.25) is 0 Å². The third-order valence-electron chi connectivity index (χ3n) is 2.39. The second kappa shape index (κ2) is 5.08. The quantitative estimate of drug-likeness (QED) is 0.634. The van der Waals surface area contributed by atoms with Crippen molar-refractivity contribution in [1.82, 2.24) is 0 Å². The molecule has 0 saturated carbocycles. The highest BCUT2D eigenvalue weighted by molar-refractivity contribution is 7.99. The van der Waals surface area contributed by atoms with Gasteiger partial charge in [0.25, 0.3) is 0 Å². The summed E-state index contributed by atoms with van der Waals surface area (Å²) in [6.45, 7) is 2.16. The van der Waals surface area contributed by atoms with E-state index in [9.17, 15) is 0 Å². The lowest BCUT2D eigenvalue weighted by Gasteiger charge is -2.04. The topological polar surface area (TPSA) is 26.0 Å². The molecule has 0 saturated heterocycles. The molecule has 0 fully saturated rings. The van der Waals surface area contributed by atoms with Gasteiger partial charge in [0.2, 0.25) is 0 Å². The van der Waals surface area contributed by atoms with E-state index in [1.54, 1.807) is 0 Å². The first-order valence-corrected chi connectivity index (χ1v) is 6.37. The first-order valence-electron chi connectivity index (χ1n) is 5.38. The van der Waals surface area contributed by atoms with E-state index < -0.39 is 0 Å². The van der Waals surface area contributed by atoms with Crippen LogP contribution in [0, 0.1) is 0 Å². The maximum atomic E-state index is 5.77. The molecule has 0 aliphatic heterocycles. The molecule has 0 unspecified atom stereocenters. The van der Waals surface area contributed by atoms with Crippen molar-refractivity contribution in [2.45, 2.75) is 11.8 Å². The van der Waals surface area contributed by atoms with E-state index >= 15 is 0 Å². The zero-order valence-corrected chi connectivity index (χ0v) is 10.1. The van der Waals surface area contributed by atoms with E-state index in [4.69, 9.17) is 5.73 Å². The Hall–Kier alpha value is -1.41. The first-order chi connectivity index (χ1) is 7.79. The number of benzene rings is 2. The first kappa shape index (κ1) is 11.1. The highest BCUT2D eigenvalue weighted by Gasteiger charge is 1.98. The average Bonchev–Trinajstić information content (AvgIpc) is 2.30. The van der Waals surface area contributed by atoms with Gasteiger partial charge in [-0.05, 0) is 41.1 Å². The fourth-order valence-corrected chi connectivity index (χ4v) is 2.29. The summed E-state index contributed by atoms with van der Waals surface area (Å²) in [5.41, 5.74) is 8.97. The minimum atomic E-state index is 0.810. The normalized spacial score (nSPS) is 10.3. The highest BCUT2D eigenvalue weighted by atomic mass is 32.2. The van der Waals surface area contributed by atoms with Crippen molar-refractivity contribution in [3.05, 3.63) is 48.5 Å². The van der Waals surface area contributed by atoms with Crippen LogP contribution in [0.3, 0.4) is 0 Å². The maximum absolute atomic E-state index is 5.77. The Kier molecular flexibility index (Phi) is 3.52. The van der Waals surface area contributed by atoms with Crippen LogP contribution in [0.2, 0.25) is 0 Å². The lowest BCUT2D eigenvalue weighted by molar-refractivity contribution is 1.43. The van der Waals surface area contributed by atoms with Gasteiger partial charge in [-0.25, -0.2) is 0 Å². The molecule has 1 nitrogen and oxygen atoms in total. The Bertz CT molecular complexity index is 462.